The molecule has 0 spiro atoms. The molecule has 0 atom stereocenters. The fourth-order valence-corrected chi connectivity index (χ4v) is 3.19. The molecule has 27 heavy (non-hydrogen) atoms. The maximum absolute atomic E-state index is 12.4. The monoisotopic (exact) mass is 372 g/mol. The standard InChI is InChI=1S/C19H24N4O4/c1-26-15-6-4-3-5-14(15)13-19(25)9-11-23(12-10-19)18(24)20-16-7-8-17(27-2)22-21-16/h3-8,25H,9-13H2,1-2H3,(H,20,21,24). The largest absolute Gasteiger partial charge is 0.496 e. The van der Waals surface area contributed by atoms with Crippen molar-refractivity contribution in [3.63, 3.8) is 0 Å². The zero-order chi connectivity index (χ0) is 19.3. The topological polar surface area (TPSA) is 96.8 Å². The Labute approximate surface area is 158 Å². The predicted molar refractivity (Wildman–Crippen MR) is 100 cm³/mol. The van der Waals surface area contributed by atoms with Gasteiger partial charge in [-0.25, -0.2) is 4.79 Å². The molecule has 2 N–H and O–H groups in total. The number of piperidine rings is 1. The van der Waals surface area contributed by atoms with Crippen LogP contribution in [0.3, 0.4) is 0 Å². The van der Waals surface area contributed by atoms with Crippen molar-refractivity contribution in [2.45, 2.75) is 24.9 Å². The third-order valence-electron chi connectivity index (χ3n) is 4.78. The average molecular weight is 372 g/mol. The maximum atomic E-state index is 12.4. The van der Waals surface area contributed by atoms with Gasteiger partial charge in [-0.15, -0.1) is 10.2 Å². The van der Waals surface area contributed by atoms with E-state index in [4.69, 9.17) is 9.47 Å². The number of aromatic nitrogens is 2. The molecule has 0 aliphatic carbocycles. The number of aliphatic hydroxyl groups is 1. The third kappa shape index (κ3) is 4.65. The number of nitrogens with one attached hydrogen (secondary N) is 1. The van der Waals surface area contributed by atoms with Gasteiger partial charge in [0.25, 0.3) is 0 Å². The number of carbonyl (C=O) groups is 1. The lowest BCUT2D eigenvalue weighted by molar-refractivity contribution is -0.0108. The Hall–Kier alpha value is -2.87. The molecule has 1 fully saturated rings. The molecule has 1 aromatic heterocycles. The fraction of sp³-hybridized carbons (Fsp3) is 0.421. The van der Waals surface area contributed by atoms with Crippen LogP contribution in [-0.4, -0.2) is 59.1 Å². The zero-order valence-corrected chi connectivity index (χ0v) is 15.5. The van der Waals surface area contributed by atoms with Gasteiger partial charge in [0.2, 0.25) is 5.88 Å². The zero-order valence-electron chi connectivity index (χ0n) is 15.5. The summed E-state index contributed by atoms with van der Waals surface area (Å²) in [6.07, 6.45) is 1.48. The first kappa shape index (κ1) is 18.9. The number of amides is 2. The number of anilines is 1. The summed E-state index contributed by atoms with van der Waals surface area (Å²) in [5.74, 6) is 1.51. The molecule has 1 saturated heterocycles. The quantitative estimate of drug-likeness (QED) is 0.834. The van der Waals surface area contributed by atoms with Crippen LogP contribution in [0, 0.1) is 0 Å². The van der Waals surface area contributed by atoms with Crippen molar-refractivity contribution in [2.75, 3.05) is 32.6 Å². The molecule has 0 radical (unpaired) electrons. The first-order valence-corrected chi connectivity index (χ1v) is 8.81. The number of benzene rings is 1. The summed E-state index contributed by atoms with van der Waals surface area (Å²) >= 11 is 0. The molecule has 2 heterocycles. The Morgan fingerprint density at radius 2 is 1.89 bits per heavy atom. The number of likely N-dealkylation sites (tertiary alicyclic amines) is 1. The van der Waals surface area contributed by atoms with E-state index in [-0.39, 0.29) is 6.03 Å². The van der Waals surface area contributed by atoms with Gasteiger partial charge >= 0.3 is 6.03 Å². The van der Waals surface area contributed by atoms with E-state index in [1.165, 1.54) is 7.11 Å². The van der Waals surface area contributed by atoms with E-state index in [1.807, 2.05) is 24.3 Å². The Morgan fingerprint density at radius 3 is 2.52 bits per heavy atom. The van der Waals surface area contributed by atoms with Crippen LogP contribution >= 0.6 is 0 Å². The molecule has 2 aromatic rings. The summed E-state index contributed by atoms with van der Waals surface area (Å²) in [5, 5.41) is 21.4. The molecule has 2 amide bonds. The van der Waals surface area contributed by atoms with Crippen LogP contribution in [0.25, 0.3) is 0 Å². The maximum Gasteiger partial charge on any atom is 0.323 e. The van der Waals surface area contributed by atoms with E-state index < -0.39 is 5.60 Å². The number of carbonyl (C=O) groups excluding carboxylic acids is 1. The minimum absolute atomic E-state index is 0.256. The number of hydrogen-bond donors (Lipinski definition) is 2. The first-order chi connectivity index (χ1) is 13.0. The Bertz CT molecular complexity index is 774. The molecule has 8 heteroatoms. The molecular formula is C19H24N4O4. The number of hydrogen-bond acceptors (Lipinski definition) is 6. The number of para-hydroxylation sites is 1. The molecule has 1 aliphatic heterocycles. The summed E-state index contributed by atoms with van der Waals surface area (Å²) in [6, 6.07) is 10.7. The highest BCUT2D eigenvalue weighted by molar-refractivity contribution is 5.88. The summed E-state index contributed by atoms with van der Waals surface area (Å²) in [5.41, 5.74) is 0.111. The normalized spacial score (nSPS) is 15.9. The van der Waals surface area contributed by atoms with Gasteiger partial charge in [-0.2, -0.15) is 0 Å². The van der Waals surface area contributed by atoms with E-state index in [9.17, 15) is 9.90 Å². The van der Waals surface area contributed by atoms with Crippen molar-refractivity contribution >= 4 is 11.8 Å². The van der Waals surface area contributed by atoms with Gasteiger partial charge < -0.3 is 19.5 Å². The highest BCUT2D eigenvalue weighted by Crippen LogP contribution is 2.30. The molecule has 0 bridgehead atoms. The van der Waals surface area contributed by atoms with Crippen molar-refractivity contribution in [3.8, 4) is 11.6 Å². The summed E-state index contributed by atoms with van der Waals surface area (Å²) in [4.78, 5) is 14.1. The van der Waals surface area contributed by atoms with Crippen molar-refractivity contribution in [3.05, 3.63) is 42.0 Å². The van der Waals surface area contributed by atoms with Crippen molar-refractivity contribution in [2.24, 2.45) is 0 Å². The number of ether oxygens (including phenoxy) is 2. The van der Waals surface area contributed by atoms with Gasteiger partial charge in [0.15, 0.2) is 5.82 Å². The molecule has 1 aromatic carbocycles. The SMILES string of the molecule is COc1ccc(NC(=O)N2CCC(O)(Cc3ccccc3OC)CC2)nn1. The molecule has 3 rings (SSSR count). The average Bonchev–Trinajstić information content (AvgIpc) is 2.69. The fourth-order valence-electron chi connectivity index (χ4n) is 3.19. The van der Waals surface area contributed by atoms with Crippen LogP contribution in [0.2, 0.25) is 0 Å². The second-order valence-electron chi connectivity index (χ2n) is 6.59. The van der Waals surface area contributed by atoms with E-state index >= 15 is 0 Å². The molecule has 1 aliphatic rings. The second-order valence-corrected chi connectivity index (χ2v) is 6.59. The lowest BCUT2D eigenvalue weighted by atomic mass is 9.85. The van der Waals surface area contributed by atoms with Crippen molar-refractivity contribution in [1.29, 1.82) is 0 Å². The summed E-state index contributed by atoms with van der Waals surface area (Å²) in [7, 11) is 3.13. The summed E-state index contributed by atoms with van der Waals surface area (Å²) < 4.78 is 10.3. The van der Waals surface area contributed by atoms with Gasteiger partial charge in [0, 0.05) is 25.6 Å². The van der Waals surface area contributed by atoms with Crippen LogP contribution in [0.1, 0.15) is 18.4 Å². The Kier molecular flexibility index (Phi) is 5.75. The van der Waals surface area contributed by atoms with Crippen LogP contribution < -0.4 is 14.8 Å². The molecule has 8 nitrogen and oxygen atoms in total. The number of methoxy groups -OCH3 is 2. The number of urea groups is 1. The van der Waals surface area contributed by atoms with E-state index in [0.717, 1.165) is 11.3 Å². The summed E-state index contributed by atoms with van der Waals surface area (Å²) in [6.45, 7) is 0.919. The Balaban J connectivity index is 1.56. The number of nitrogens with zero attached hydrogens (tertiary/aromatic N) is 3. The van der Waals surface area contributed by atoms with Gasteiger partial charge in [0.05, 0.1) is 19.8 Å². The van der Waals surface area contributed by atoms with E-state index in [1.54, 1.807) is 24.1 Å². The van der Waals surface area contributed by atoms with Crippen LogP contribution in [0.4, 0.5) is 10.6 Å². The van der Waals surface area contributed by atoms with E-state index in [0.29, 0.717) is 44.0 Å². The van der Waals surface area contributed by atoms with Crippen LogP contribution in [-0.2, 0) is 6.42 Å². The molecule has 144 valence electrons. The second kappa shape index (κ2) is 8.22. The number of rotatable bonds is 5. The molecular weight excluding hydrogens is 348 g/mol. The van der Waals surface area contributed by atoms with Crippen molar-refractivity contribution < 1.29 is 19.4 Å². The minimum atomic E-state index is -0.856. The highest BCUT2D eigenvalue weighted by atomic mass is 16.5. The molecule has 0 saturated carbocycles. The molecule has 0 unspecified atom stereocenters. The Morgan fingerprint density at radius 1 is 1.15 bits per heavy atom. The lowest BCUT2D eigenvalue weighted by Gasteiger charge is -2.38. The first-order valence-electron chi connectivity index (χ1n) is 8.81. The minimum Gasteiger partial charge on any atom is -0.496 e. The third-order valence-corrected chi connectivity index (χ3v) is 4.78. The highest BCUT2D eigenvalue weighted by Gasteiger charge is 2.34. The van der Waals surface area contributed by atoms with Crippen LogP contribution in [0.5, 0.6) is 11.6 Å². The van der Waals surface area contributed by atoms with E-state index in [2.05, 4.69) is 15.5 Å². The van der Waals surface area contributed by atoms with Gasteiger partial charge in [-0.1, -0.05) is 18.2 Å². The van der Waals surface area contributed by atoms with Gasteiger partial charge in [-0.3, -0.25) is 5.32 Å². The smallest absolute Gasteiger partial charge is 0.323 e. The van der Waals surface area contributed by atoms with Gasteiger partial charge in [0.1, 0.15) is 5.75 Å². The van der Waals surface area contributed by atoms with Crippen LogP contribution in [0.15, 0.2) is 36.4 Å². The lowest BCUT2D eigenvalue weighted by Crippen LogP contribution is -2.49. The van der Waals surface area contributed by atoms with Gasteiger partial charge in [-0.05, 0) is 30.5 Å². The van der Waals surface area contributed by atoms with Crippen molar-refractivity contribution in [1.82, 2.24) is 15.1 Å². The predicted octanol–water partition coefficient (Wildman–Crippen LogP) is 2.10.